The molecular weight excluding hydrogens is 391 g/mol. The fourth-order valence-electron chi connectivity index (χ4n) is 2.85. The minimum atomic E-state index is -0.957. The van der Waals surface area contributed by atoms with Crippen LogP contribution in [0.3, 0.4) is 0 Å². The fraction of sp³-hybridized carbons (Fsp3) is 0.263. The zero-order chi connectivity index (χ0) is 18.7. The molecule has 2 aromatic rings. The van der Waals surface area contributed by atoms with E-state index in [1.165, 1.54) is 0 Å². The van der Waals surface area contributed by atoms with Crippen LogP contribution in [-0.2, 0) is 16.0 Å². The van der Waals surface area contributed by atoms with Gasteiger partial charge in [0.25, 0.3) is 0 Å². The van der Waals surface area contributed by atoms with Crippen LogP contribution in [0.15, 0.2) is 47.5 Å². The van der Waals surface area contributed by atoms with Crippen LogP contribution in [0, 0.1) is 0 Å². The summed E-state index contributed by atoms with van der Waals surface area (Å²) in [6.07, 6.45) is 0. The Hall–Kier alpha value is -1.53. The number of rotatable bonds is 5. The second-order valence-electron chi connectivity index (χ2n) is 5.78. The predicted octanol–water partition coefficient (Wildman–Crippen LogP) is 3.95. The van der Waals surface area contributed by atoms with Crippen molar-refractivity contribution in [3.63, 3.8) is 0 Å². The third-order valence-corrected chi connectivity index (χ3v) is 6.02. The number of carbonyl (C=O) groups excluding carboxylic acids is 1. The summed E-state index contributed by atoms with van der Waals surface area (Å²) in [5.41, 5.74) is 2.85. The van der Waals surface area contributed by atoms with Crippen LogP contribution >= 0.6 is 23.2 Å². The molecular formula is C19H18Cl2N2O2S. The Balaban J connectivity index is 2.08. The van der Waals surface area contributed by atoms with Gasteiger partial charge in [-0.3, -0.25) is 9.79 Å². The first kappa shape index (κ1) is 19.2. The molecule has 1 unspecified atom stereocenters. The number of hydrogen-bond donors (Lipinski definition) is 0. The number of nitrogens with zero attached hydrogens (tertiary/aromatic N) is 2. The Morgan fingerprint density at radius 2 is 1.96 bits per heavy atom. The molecule has 0 aliphatic carbocycles. The molecule has 0 saturated heterocycles. The highest BCUT2D eigenvalue weighted by atomic mass is 35.5. The van der Waals surface area contributed by atoms with Crippen molar-refractivity contribution in [2.75, 3.05) is 29.5 Å². The molecule has 0 spiro atoms. The molecule has 1 heterocycles. The number of carbonyl (C=O) groups is 1. The predicted molar refractivity (Wildman–Crippen MR) is 109 cm³/mol. The van der Waals surface area contributed by atoms with Crippen molar-refractivity contribution < 1.29 is 9.35 Å². The van der Waals surface area contributed by atoms with Gasteiger partial charge in [0.05, 0.1) is 17.9 Å². The maximum absolute atomic E-state index is 12.7. The fourth-order valence-corrected chi connectivity index (χ4v) is 3.92. The second-order valence-corrected chi connectivity index (χ2v) is 8.49. The number of aliphatic imine (C=N–C) groups is 1. The molecule has 1 aliphatic heterocycles. The van der Waals surface area contributed by atoms with Crippen molar-refractivity contribution in [2.24, 2.45) is 4.99 Å². The van der Waals surface area contributed by atoms with Gasteiger partial charge in [-0.15, -0.1) is 0 Å². The summed E-state index contributed by atoms with van der Waals surface area (Å²) in [7, 11) is 0. The van der Waals surface area contributed by atoms with Crippen LogP contribution in [0.5, 0.6) is 0 Å². The molecule has 0 bridgehead atoms. The molecule has 0 aromatic heterocycles. The van der Waals surface area contributed by atoms with Gasteiger partial charge >= 0.3 is 0 Å². The molecule has 0 saturated carbocycles. The Bertz CT molecular complexity index is 857. The number of benzodiazepines with no additional fused rings is 1. The number of hydrogen-bond acceptors (Lipinski definition) is 3. The summed E-state index contributed by atoms with van der Waals surface area (Å²) >= 11 is 11.6. The largest absolute Gasteiger partial charge is 0.616 e. The SMILES string of the molecule is CC[S+]([O-])CCN1C(=O)CN=C(c2ccccc2Cl)c2cc(Cl)ccc21. The van der Waals surface area contributed by atoms with Crippen LogP contribution in [-0.4, -0.2) is 40.8 Å². The molecule has 1 aliphatic rings. The molecule has 0 radical (unpaired) electrons. The lowest BCUT2D eigenvalue weighted by atomic mass is 10.00. The highest BCUT2D eigenvalue weighted by molar-refractivity contribution is 7.91. The summed E-state index contributed by atoms with van der Waals surface area (Å²) < 4.78 is 11.8. The lowest BCUT2D eigenvalue weighted by molar-refractivity contribution is -0.117. The molecule has 1 amide bonds. The Morgan fingerprint density at radius 3 is 2.69 bits per heavy atom. The standard InChI is InChI=1S/C19H18Cl2N2O2S/c1-2-26(25)10-9-23-17-8-7-13(20)11-15(17)19(22-12-18(23)24)14-5-3-4-6-16(14)21/h3-8,11H,2,9-10,12H2,1H3. The van der Waals surface area contributed by atoms with Crippen molar-refractivity contribution in [1.82, 2.24) is 0 Å². The summed E-state index contributed by atoms with van der Waals surface area (Å²) in [6.45, 7) is 2.25. The van der Waals surface area contributed by atoms with E-state index < -0.39 is 11.2 Å². The molecule has 4 nitrogen and oxygen atoms in total. The smallest absolute Gasteiger partial charge is 0.248 e. The third-order valence-electron chi connectivity index (χ3n) is 4.17. The number of amides is 1. The van der Waals surface area contributed by atoms with E-state index in [0.717, 1.165) is 11.1 Å². The molecule has 7 heteroatoms. The topological polar surface area (TPSA) is 55.7 Å². The maximum atomic E-state index is 12.7. The average Bonchev–Trinajstić information content (AvgIpc) is 2.76. The molecule has 0 fully saturated rings. The van der Waals surface area contributed by atoms with Crippen molar-refractivity contribution in [1.29, 1.82) is 0 Å². The van der Waals surface area contributed by atoms with Gasteiger partial charge in [-0.2, -0.15) is 0 Å². The number of benzene rings is 2. The quantitative estimate of drug-likeness (QED) is 0.703. The van der Waals surface area contributed by atoms with Crippen LogP contribution in [0.2, 0.25) is 10.0 Å². The van der Waals surface area contributed by atoms with E-state index in [1.807, 2.05) is 31.2 Å². The molecule has 3 rings (SSSR count). The summed E-state index contributed by atoms with van der Waals surface area (Å²) in [5, 5.41) is 1.11. The van der Waals surface area contributed by atoms with Crippen LogP contribution in [0.25, 0.3) is 0 Å². The lowest BCUT2D eigenvalue weighted by Gasteiger charge is -2.23. The van der Waals surface area contributed by atoms with E-state index in [2.05, 4.69) is 4.99 Å². The van der Waals surface area contributed by atoms with Crippen molar-refractivity contribution in [3.05, 3.63) is 63.6 Å². The monoisotopic (exact) mass is 408 g/mol. The first-order valence-electron chi connectivity index (χ1n) is 8.26. The molecule has 0 N–H and O–H groups in total. The van der Waals surface area contributed by atoms with Gasteiger partial charge in [-0.25, -0.2) is 0 Å². The molecule has 26 heavy (non-hydrogen) atoms. The van der Waals surface area contributed by atoms with E-state index in [-0.39, 0.29) is 12.5 Å². The van der Waals surface area contributed by atoms with Gasteiger partial charge in [0.15, 0.2) is 0 Å². The van der Waals surface area contributed by atoms with Crippen molar-refractivity contribution >= 4 is 51.7 Å². The highest BCUT2D eigenvalue weighted by Crippen LogP contribution is 2.31. The van der Waals surface area contributed by atoms with Crippen LogP contribution in [0.1, 0.15) is 18.1 Å². The Labute approximate surface area is 166 Å². The van der Waals surface area contributed by atoms with Crippen LogP contribution < -0.4 is 4.90 Å². The normalized spacial score (nSPS) is 15.3. The van der Waals surface area contributed by atoms with Gasteiger partial charge in [-0.05, 0) is 31.2 Å². The summed E-state index contributed by atoms with van der Waals surface area (Å²) in [5.74, 6) is 0.853. The lowest BCUT2D eigenvalue weighted by Crippen LogP contribution is -2.36. The summed E-state index contributed by atoms with van der Waals surface area (Å²) in [6, 6.07) is 12.7. The summed E-state index contributed by atoms with van der Waals surface area (Å²) in [4.78, 5) is 18.8. The number of anilines is 1. The molecule has 1 atom stereocenters. The Kier molecular flexibility index (Phi) is 6.24. The van der Waals surface area contributed by atoms with Crippen molar-refractivity contribution in [3.8, 4) is 0 Å². The van der Waals surface area contributed by atoms with E-state index in [9.17, 15) is 9.35 Å². The average molecular weight is 409 g/mol. The minimum absolute atomic E-state index is 0.00557. The third kappa shape index (κ3) is 4.07. The van der Waals surface area contributed by atoms with Gasteiger partial charge in [-0.1, -0.05) is 52.6 Å². The molecule has 136 valence electrons. The maximum Gasteiger partial charge on any atom is 0.248 e. The van der Waals surface area contributed by atoms with Gasteiger partial charge < -0.3 is 9.45 Å². The van der Waals surface area contributed by atoms with Crippen LogP contribution in [0.4, 0.5) is 5.69 Å². The van der Waals surface area contributed by atoms with E-state index in [0.29, 0.717) is 39.5 Å². The van der Waals surface area contributed by atoms with E-state index in [1.54, 1.807) is 23.1 Å². The minimum Gasteiger partial charge on any atom is -0.616 e. The van der Waals surface area contributed by atoms with Gasteiger partial charge in [0.1, 0.15) is 18.1 Å². The number of fused-ring (bicyclic) bond motifs is 1. The zero-order valence-electron chi connectivity index (χ0n) is 14.2. The second kappa shape index (κ2) is 8.44. The van der Waals surface area contributed by atoms with Gasteiger partial charge in [0.2, 0.25) is 5.91 Å². The highest BCUT2D eigenvalue weighted by Gasteiger charge is 2.27. The zero-order valence-corrected chi connectivity index (χ0v) is 16.6. The number of halogens is 2. The van der Waals surface area contributed by atoms with Crippen molar-refractivity contribution in [2.45, 2.75) is 6.92 Å². The van der Waals surface area contributed by atoms with E-state index in [4.69, 9.17) is 23.2 Å². The Morgan fingerprint density at radius 1 is 1.19 bits per heavy atom. The first-order chi connectivity index (χ1) is 12.5. The van der Waals surface area contributed by atoms with E-state index >= 15 is 0 Å². The van der Waals surface area contributed by atoms with Gasteiger partial charge in [0, 0.05) is 21.2 Å². The first-order valence-corrected chi connectivity index (χ1v) is 10.5. The molecule has 2 aromatic carbocycles.